The molecular weight excluding hydrogens is 442 g/mol. The molecule has 0 radical (unpaired) electrons. The number of aliphatic hydroxyl groups is 1. The van der Waals surface area contributed by atoms with Crippen LogP contribution in [0.25, 0.3) is 11.3 Å². The molecule has 10 heteroatoms. The number of aliphatic hydroxyl groups excluding tert-OH is 1. The smallest absolute Gasteiger partial charge is 0.251 e. The second-order valence-corrected chi connectivity index (χ2v) is 7.84. The largest absolute Gasteiger partial charge is 0.394 e. The van der Waals surface area contributed by atoms with E-state index in [1.54, 1.807) is 18.2 Å². The summed E-state index contributed by atoms with van der Waals surface area (Å²) in [6.07, 6.45) is 2.37. The molecule has 4 rings (SSSR count). The van der Waals surface area contributed by atoms with Gasteiger partial charge in [0.2, 0.25) is 5.95 Å². The molecule has 0 saturated carbocycles. The number of halogens is 3. The summed E-state index contributed by atoms with van der Waals surface area (Å²) in [5.74, 6) is -0.376. The fourth-order valence-corrected chi connectivity index (χ4v) is 3.72. The van der Waals surface area contributed by atoms with Gasteiger partial charge in [-0.05, 0) is 36.2 Å². The van der Waals surface area contributed by atoms with E-state index in [9.17, 15) is 18.7 Å². The van der Waals surface area contributed by atoms with E-state index < -0.39 is 36.2 Å². The summed E-state index contributed by atoms with van der Waals surface area (Å²) in [5.41, 5.74) is 1.01. The number of ether oxygens (including phenoxy) is 1. The van der Waals surface area contributed by atoms with Crippen molar-refractivity contribution in [3.05, 3.63) is 75.5 Å². The molecule has 0 spiro atoms. The lowest BCUT2D eigenvalue weighted by atomic mass is 10.1. The zero-order valence-electron chi connectivity index (χ0n) is 16.9. The summed E-state index contributed by atoms with van der Waals surface area (Å²) < 4.78 is 34.3. The maximum Gasteiger partial charge on any atom is 0.251 e. The summed E-state index contributed by atoms with van der Waals surface area (Å²) in [6.45, 7) is 0.0794. The van der Waals surface area contributed by atoms with Crippen molar-refractivity contribution in [2.45, 2.75) is 24.7 Å². The third kappa shape index (κ3) is 4.79. The van der Waals surface area contributed by atoms with Crippen molar-refractivity contribution in [2.75, 3.05) is 25.1 Å². The molecule has 1 aromatic carbocycles. The van der Waals surface area contributed by atoms with Crippen LogP contribution in [0.3, 0.4) is 0 Å². The molecule has 1 saturated heterocycles. The van der Waals surface area contributed by atoms with Gasteiger partial charge in [-0.25, -0.2) is 18.7 Å². The number of hydrogen-bond acceptors (Lipinski definition) is 6. The first kappa shape index (κ1) is 22.3. The van der Waals surface area contributed by atoms with E-state index in [4.69, 9.17) is 16.3 Å². The molecular formula is C22H21ClF2N4O3. The Bertz CT molecular complexity index is 1160. The molecule has 3 heterocycles. The van der Waals surface area contributed by atoms with E-state index in [0.29, 0.717) is 29.8 Å². The number of nitrogens with zero attached hydrogens (tertiary/aromatic N) is 3. The fourth-order valence-electron chi connectivity index (χ4n) is 3.60. The first-order valence-corrected chi connectivity index (χ1v) is 10.4. The lowest BCUT2D eigenvalue weighted by molar-refractivity contribution is 0.0284. The lowest BCUT2D eigenvalue weighted by Gasteiger charge is -2.26. The van der Waals surface area contributed by atoms with E-state index in [2.05, 4.69) is 15.3 Å². The molecule has 0 aliphatic carbocycles. The molecule has 1 fully saturated rings. The van der Waals surface area contributed by atoms with Crippen molar-refractivity contribution < 1.29 is 18.6 Å². The Morgan fingerprint density at radius 3 is 2.88 bits per heavy atom. The number of anilines is 1. The Kier molecular flexibility index (Phi) is 6.78. The van der Waals surface area contributed by atoms with E-state index >= 15 is 0 Å². The number of pyridine rings is 1. The van der Waals surface area contributed by atoms with Crippen LogP contribution in [-0.4, -0.2) is 51.7 Å². The molecule has 168 valence electrons. The third-order valence-corrected chi connectivity index (χ3v) is 5.64. The van der Waals surface area contributed by atoms with Crippen LogP contribution in [-0.2, 0) is 4.74 Å². The van der Waals surface area contributed by atoms with E-state index in [0.717, 1.165) is 0 Å². The minimum absolute atomic E-state index is 0.0269. The minimum atomic E-state index is -1.16. The maximum absolute atomic E-state index is 14.0. The highest BCUT2D eigenvalue weighted by Gasteiger charge is 2.26. The summed E-state index contributed by atoms with van der Waals surface area (Å²) >= 11 is 5.73. The van der Waals surface area contributed by atoms with Crippen molar-refractivity contribution in [1.29, 1.82) is 0 Å². The highest BCUT2D eigenvalue weighted by Crippen LogP contribution is 2.24. The monoisotopic (exact) mass is 462 g/mol. The van der Waals surface area contributed by atoms with Crippen LogP contribution < -0.4 is 10.9 Å². The summed E-state index contributed by atoms with van der Waals surface area (Å²) in [5, 5.41) is 12.8. The average molecular weight is 463 g/mol. The molecule has 2 aromatic heterocycles. The Balaban J connectivity index is 1.59. The molecule has 1 aliphatic rings. The van der Waals surface area contributed by atoms with Gasteiger partial charge in [-0.1, -0.05) is 17.7 Å². The Morgan fingerprint density at radius 2 is 2.16 bits per heavy atom. The van der Waals surface area contributed by atoms with E-state index in [-0.39, 0.29) is 17.6 Å². The average Bonchev–Trinajstić information content (AvgIpc) is 2.79. The van der Waals surface area contributed by atoms with Crippen molar-refractivity contribution in [3.63, 3.8) is 0 Å². The molecule has 0 unspecified atom stereocenters. The first-order valence-electron chi connectivity index (χ1n) is 10.1. The lowest BCUT2D eigenvalue weighted by Crippen LogP contribution is -2.39. The topological polar surface area (TPSA) is 89.3 Å². The van der Waals surface area contributed by atoms with E-state index in [1.807, 2.05) is 0 Å². The van der Waals surface area contributed by atoms with Crippen LogP contribution in [0.4, 0.5) is 14.7 Å². The van der Waals surface area contributed by atoms with Gasteiger partial charge in [0, 0.05) is 30.6 Å². The number of rotatable bonds is 6. The van der Waals surface area contributed by atoms with Crippen LogP contribution in [0, 0.1) is 5.82 Å². The molecule has 7 nitrogen and oxygen atoms in total. The first-order chi connectivity index (χ1) is 15.5. The number of alkyl halides is 1. The van der Waals surface area contributed by atoms with Gasteiger partial charge >= 0.3 is 0 Å². The summed E-state index contributed by atoms with van der Waals surface area (Å²) in [4.78, 5) is 21.3. The SMILES string of the molecule is O=c1cc(-c2ccnc(N[C@H]3CCOC[C@H]3F)n2)ccn1[C@H](CO)c1ccc(Cl)c(F)c1. The van der Waals surface area contributed by atoms with Crippen molar-refractivity contribution >= 4 is 17.5 Å². The number of benzene rings is 1. The molecule has 1 aliphatic heterocycles. The van der Waals surface area contributed by atoms with Crippen LogP contribution in [0.5, 0.6) is 0 Å². The molecule has 0 amide bonds. The highest BCUT2D eigenvalue weighted by molar-refractivity contribution is 6.30. The maximum atomic E-state index is 14.0. The van der Waals surface area contributed by atoms with Gasteiger partial charge in [-0.15, -0.1) is 0 Å². The van der Waals surface area contributed by atoms with Crippen LogP contribution in [0.1, 0.15) is 18.0 Å². The zero-order chi connectivity index (χ0) is 22.7. The second-order valence-electron chi connectivity index (χ2n) is 7.43. The van der Waals surface area contributed by atoms with Gasteiger partial charge < -0.3 is 19.7 Å². The predicted molar refractivity (Wildman–Crippen MR) is 116 cm³/mol. The van der Waals surface area contributed by atoms with Crippen molar-refractivity contribution in [3.8, 4) is 11.3 Å². The van der Waals surface area contributed by atoms with Gasteiger partial charge in [-0.2, -0.15) is 0 Å². The molecule has 3 aromatic rings. The predicted octanol–water partition coefficient (Wildman–Crippen LogP) is 3.22. The van der Waals surface area contributed by atoms with E-state index in [1.165, 1.54) is 35.2 Å². The van der Waals surface area contributed by atoms with Gasteiger partial charge in [0.15, 0.2) is 0 Å². The van der Waals surface area contributed by atoms with Gasteiger partial charge in [0.05, 0.1) is 36.0 Å². The number of aromatic nitrogens is 3. The van der Waals surface area contributed by atoms with Crippen LogP contribution in [0.15, 0.2) is 53.6 Å². The van der Waals surface area contributed by atoms with Crippen LogP contribution >= 0.6 is 11.6 Å². The van der Waals surface area contributed by atoms with Gasteiger partial charge in [0.25, 0.3) is 5.56 Å². The Labute approximate surface area is 187 Å². The molecule has 3 atom stereocenters. The minimum Gasteiger partial charge on any atom is -0.394 e. The Hall–Kier alpha value is -2.88. The normalized spacial score (nSPS) is 19.5. The standard InChI is InChI=1S/C22H21ClF2N4O3/c23-15-2-1-14(9-16(15)24)20(11-30)29-7-4-13(10-21(29)31)18-3-6-26-22(27-18)28-19-5-8-32-12-17(19)25/h1-4,6-7,9-10,17,19-20,30H,5,8,11-12H2,(H,26,27,28)/t17-,19+,20-/m1/s1. The molecule has 0 bridgehead atoms. The molecule has 32 heavy (non-hydrogen) atoms. The number of hydrogen-bond donors (Lipinski definition) is 2. The summed E-state index contributed by atoms with van der Waals surface area (Å²) in [6, 6.07) is 7.58. The zero-order valence-corrected chi connectivity index (χ0v) is 17.7. The van der Waals surface area contributed by atoms with Crippen molar-refractivity contribution in [1.82, 2.24) is 14.5 Å². The fraction of sp³-hybridized carbons (Fsp3) is 0.318. The van der Waals surface area contributed by atoms with Crippen LogP contribution in [0.2, 0.25) is 5.02 Å². The van der Waals surface area contributed by atoms with Gasteiger partial charge in [0.1, 0.15) is 12.0 Å². The Morgan fingerprint density at radius 1 is 1.31 bits per heavy atom. The second kappa shape index (κ2) is 9.72. The van der Waals surface area contributed by atoms with Crippen molar-refractivity contribution in [2.24, 2.45) is 0 Å². The quantitative estimate of drug-likeness (QED) is 0.584. The van der Waals surface area contributed by atoms with Gasteiger partial charge in [-0.3, -0.25) is 4.79 Å². The molecule has 2 N–H and O–H groups in total. The number of nitrogens with one attached hydrogen (secondary N) is 1. The summed E-state index contributed by atoms with van der Waals surface area (Å²) in [7, 11) is 0. The third-order valence-electron chi connectivity index (χ3n) is 5.34. The highest BCUT2D eigenvalue weighted by atomic mass is 35.5.